The molecule has 0 saturated carbocycles. The van der Waals surface area contributed by atoms with Crippen LogP contribution in [0.4, 0.5) is 0 Å². The van der Waals surface area contributed by atoms with E-state index in [1.807, 2.05) is 20.8 Å². The predicted octanol–water partition coefficient (Wildman–Crippen LogP) is 1.30. The van der Waals surface area contributed by atoms with Gasteiger partial charge in [0.05, 0.1) is 17.7 Å². The van der Waals surface area contributed by atoms with Gasteiger partial charge in [0.25, 0.3) is 5.56 Å². The lowest BCUT2D eigenvalue weighted by atomic mass is 10.1. The average Bonchev–Trinajstić information content (AvgIpc) is 2.86. The van der Waals surface area contributed by atoms with Gasteiger partial charge in [-0.2, -0.15) is 10.2 Å². The van der Waals surface area contributed by atoms with Crippen LogP contribution in [0.15, 0.2) is 11.0 Å². The van der Waals surface area contributed by atoms with Gasteiger partial charge in [0.15, 0.2) is 0 Å². The fraction of sp³-hybridized carbons (Fsp3) is 0.571. The largest absolute Gasteiger partial charge is 0.465 e. The fourth-order valence-corrected chi connectivity index (χ4v) is 2.12. The van der Waals surface area contributed by atoms with Crippen molar-refractivity contribution in [3.8, 4) is 0 Å². The third-order valence-electron chi connectivity index (χ3n) is 3.15. The van der Waals surface area contributed by atoms with Crippen LogP contribution in [0.1, 0.15) is 39.3 Å². The number of carbonyl (C=O) groups is 1. The minimum atomic E-state index is -0.468. The Morgan fingerprint density at radius 3 is 2.62 bits per heavy atom. The van der Waals surface area contributed by atoms with Gasteiger partial charge in [0, 0.05) is 12.7 Å². The Morgan fingerprint density at radius 1 is 1.33 bits per heavy atom. The molecule has 0 aromatic carbocycles. The number of rotatable bonds is 5. The molecule has 0 spiro atoms. The summed E-state index contributed by atoms with van der Waals surface area (Å²) in [6.07, 6.45) is 1.70. The van der Waals surface area contributed by atoms with Gasteiger partial charge >= 0.3 is 5.97 Å². The normalized spacial score (nSPS) is 11.3. The Hall–Kier alpha value is -2.18. The van der Waals surface area contributed by atoms with Gasteiger partial charge in [-0.15, -0.1) is 0 Å². The number of hydrogen-bond donors (Lipinski definition) is 0. The maximum Gasteiger partial charge on any atom is 0.327 e. The van der Waals surface area contributed by atoms with Crippen molar-refractivity contribution in [3.05, 3.63) is 22.2 Å². The zero-order chi connectivity index (χ0) is 15.6. The highest BCUT2D eigenvalue weighted by atomic mass is 16.5. The lowest BCUT2D eigenvalue weighted by Crippen LogP contribution is -2.29. The topological polar surface area (TPSA) is 79.0 Å². The summed E-state index contributed by atoms with van der Waals surface area (Å²) in [6.45, 7) is 8.40. The third kappa shape index (κ3) is 2.96. The first-order chi connectivity index (χ1) is 9.97. The van der Waals surface area contributed by atoms with E-state index >= 15 is 0 Å². The van der Waals surface area contributed by atoms with Crippen LogP contribution in [0.5, 0.6) is 0 Å². The van der Waals surface area contributed by atoms with Crippen molar-refractivity contribution in [3.63, 3.8) is 0 Å². The Morgan fingerprint density at radius 2 is 2.05 bits per heavy atom. The zero-order valence-corrected chi connectivity index (χ0v) is 12.8. The minimum absolute atomic E-state index is 0.0988. The second-order valence-electron chi connectivity index (χ2n) is 5.05. The summed E-state index contributed by atoms with van der Waals surface area (Å²) in [7, 11) is 0. The minimum Gasteiger partial charge on any atom is -0.465 e. The summed E-state index contributed by atoms with van der Waals surface area (Å²) in [4.78, 5) is 24.0. The maximum atomic E-state index is 12.4. The van der Waals surface area contributed by atoms with Gasteiger partial charge in [0.2, 0.25) is 0 Å². The van der Waals surface area contributed by atoms with Crippen molar-refractivity contribution in [1.29, 1.82) is 0 Å². The molecule has 0 amide bonds. The summed E-state index contributed by atoms with van der Waals surface area (Å²) in [5, 5.41) is 9.18. The van der Waals surface area contributed by atoms with E-state index in [0.29, 0.717) is 23.1 Å². The number of aromatic nitrogens is 4. The van der Waals surface area contributed by atoms with Crippen LogP contribution in [0.3, 0.4) is 0 Å². The number of hydrogen-bond acceptors (Lipinski definition) is 5. The van der Waals surface area contributed by atoms with Crippen LogP contribution in [0, 0.1) is 0 Å². The average molecular weight is 292 g/mol. The molecule has 0 bridgehead atoms. The Bertz CT molecular complexity index is 715. The molecule has 0 N–H and O–H groups in total. The lowest BCUT2D eigenvalue weighted by molar-refractivity contribution is -0.144. The molecule has 0 atom stereocenters. The van der Waals surface area contributed by atoms with Gasteiger partial charge in [-0.1, -0.05) is 13.8 Å². The van der Waals surface area contributed by atoms with Gasteiger partial charge in [-0.05, 0) is 19.8 Å². The first-order valence-electron chi connectivity index (χ1n) is 7.11. The fourth-order valence-electron chi connectivity index (χ4n) is 2.12. The number of aryl methyl sites for hydroxylation is 1. The van der Waals surface area contributed by atoms with Crippen molar-refractivity contribution >= 4 is 16.9 Å². The van der Waals surface area contributed by atoms with Gasteiger partial charge in [-0.25, -0.2) is 4.68 Å². The number of esters is 1. The van der Waals surface area contributed by atoms with E-state index in [4.69, 9.17) is 4.74 Å². The molecule has 2 aromatic heterocycles. The third-order valence-corrected chi connectivity index (χ3v) is 3.15. The second-order valence-corrected chi connectivity index (χ2v) is 5.05. The van der Waals surface area contributed by atoms with Crippen molar-refractivity contribution in [2.75, 3.05) is 6.61 Å². The molecule has 7 nitrogen and oxygen atoms in total. The molecular formula is C14H20N4O3. The van der Waals surface area contributed by atoms with E-state index in [0.717, 1.165) is 4.68 Å². The maximum absolute atomic E-state index is 12.4. The van der Waals surface area contributed by atoms with E-state index in [1.54, 1.807) is 17.8 Å². The monoisotopic (exact) mass is 292 g/mol. The number of ether oxygens (including phenoxy) is 1. The van der Waals surface area contributed by atoms with Crippen LogP contribution in [0.2, 0.25) is 0 Å². The smallest absolute Gasteiger partial charge is 0.327 e. The molecule has 0 unspecified atom stereocenters. The Kier molecular flexibility index (Phi) is 4.40. The SMILES string of the molecule is CCOC(=O)Cn1nc(C(C)C)c2nn(CC)cc2c1=O. The summed E-state index contributed by atoms with van der Waals surface area (Å²) >= 11 is 0. The predicted molar refractivity (Wildman–Crippen MR) is 78.2 cm³/mol. The first-order valence-corrected chi connectivity index (χ1v) is 7.11. The molecule has 0 radical (unpaired) electrons. The zero-order valence-electron chi connectivity index (χ0n) is 12.8. The van der Waals surface area contributed by atoms with E-state index in [9.17, 15) is 9.59 Å². The van der Waals surface area contributed by atoms with Crippen molar-refractivity contribution in [2.45, 2.75) is 46.7 Å². The summed E-state index contributed by atoms with van der Waals surface area (Å²) in [6, 6.07) is 0. The molecule has 0 aliphatic carbocycles. The quantitative estimate of drug-likeness (QED) is 0.776. The standard InChI is InChI=1S/C14H20N4O3/c1-5-17-7-10-13(15-17)12(9(3)4)16-18(14(10)20)8-11(19)21-6-2/h7,9H,5-6,8H2,1-4H3. The molecule has 0 fully saturated rings. The van der Waals surface area contributed by atoms with Crippen molar-refractivity contribution < 1.29 is 9.53 Å². The van der Waals surface area contributed by atoms with Crippen LogP contribution in [-0.4, -0.2) is 32.1 Å². The number of fused-ring (bicyclic) bond motifs is 1. The van der Waals surface area contributed by atoms with Crippen LogP contribution in [-0.2, 0) is 22.6 Å². The van der Waals surface area contributed by atoms with E-state index < -0.39 is 5.97 Å². The number of carbonyl (C=O) groups excluding carboxylic acids is 1. The molecule has 0 saturated heterocycles. The second kappa shape index (κ2) is 6.07. The molecule has 114 valence electrons. The highest BCUT2D eigenvalue weighted by molar-refractivity contribution is 5.79. The van der Waals surface area contributed by atoms with Crippen LogP contribution in [0.25, 0.3) is 10.9 Å². The van der Waals surface area contributed by atoms with Gasteiger partial charge in [-0.3, -0.25) is 14.3 Å². The molecular weight excluding hydrogens is 272 g/mol. The van der Waals surface area contributed by atoms with Gasteiger partial charge < -0.3 is 4.74 Å². The summed E-state index contributed by atoms with van der Waals surface area (Å²) in [5.74, 6) is -0.370. The molecule has 2 aromatic rings. The summed E-state index contributed by atoms with van der Waals surface area (Å²) in [5.41, 5.74) is 1.00. The van der Waals surface area contributed by atoms with Crippen molar-refractivity contribution in [1.82, 2.24) is 19.6 Å². The first kappa shape index (κ1) is 15.2. The molecule has 0 aliphatic rings. The lowest BCUT2D eigenvalue weighted by Gasteiger charge is -2.09. The highest BCUT2D eigenvalue weighted by Gasteiger charge is 2.18. The van der Waals surface area contributed by atoms with E-state index in [2.05, 4.69) is 10.2 Å². The molecule has 21 heavy (non-hydrogen) atoms. The van der Waals surface area contributed by atoms with Crippen LogP contribution >= 0.6 is 0 Å². The summed E-state index contributed by atoms with van der Waals surface area (Å²) < 4.78 is 7.75. The molecule has 2 rings (SSSR count). The van der Waals surface area contributed by atoms with Crippen LogP contribution < -0.4 is 5.56 Å². The Labute approximate surface area is 122 Å². The Balaban J connectivity index is 2.59. The number of nitrogens with zero attached hydrogens (tertiary/aromatic N) is 4. The van der Waals surface area contributed by atoms with E-state index in [-0.39, 0.29) is 24.6 Å². The highest BCUT2D eigenvalue weighted by Crippen LogP contribution is 2.19. The molecule has 0 aliphatic heterocycles. The van der Waals surface area contributed by atoms with Gasteiger partial charge in [0.1, 0.15) is 12.1 Å². The molecule has 7 heteroatoms. The van der Waals surface area contributed by atoms with E-state index in [1.165, 1.54) is 0 Å². The molecule has 2 heterocycles. The van der Waals surface area contributed by atoms with Crippen molar-refractivity contribution in [2.24, 2.45) is 0 Å².